The van der Waals surface area contributed by atoms with Gasteiger partial charge in [0.25, 0.3) is 5.91 Å². The first-order chi connectivity index (χ1) is 10.1. The topological polar surface area (TPSA) is 79.9 Å². The number of ether oxygens (including phenoxy) is 1. The summed E-state index contributed by atoms with van der Waals surface area (Å²) in [4.78, 5) is 13.9. The molecule has 1 fully saturated rings. The Morgan fingerprint density at radius 3 is 2.52 bits per heavy atom. The third kappa shape index (κ3) is 4.48. The van der Waals surface area contributed by atoms with E-state index in [1.54, 1.807) is 4.90 Å². The number of anilines is 1. The minimum absolute atomic E-state index is 0.0314. The number of hydrogen-bond acceptors (Lipinski definition) is 5. The third-order valence-electron chi connectivity index (χ3n) is 2.88. The van der Waals surface area contributed by atoms with E-state index < -0.39 is 0 Å². The molecule has 0 unspecified atom stereocenters. The molecule has 0 aromatic heterocycles. The molecule has 0 radical (unpaired) electrons. The maximum Gasteiger partial charge on any atom is 0.277 e. The Kier molecular flexibility index (Phi) is 5.66. The fraction of sp³-hybridized carbons (Fsp3) is 0.308. The number of morpholine rings is 1. The van der Waals surface area contributed by atoms with Crippen LogP contribution in [0.2, 0.25) is 0 Å². The van der Waals surface area contributed by atoms with Crippen LogP contribution in [0.25, 0.3) is 0 Å². The van der Waals surface area contributed by atoms with Crippen molar-refractivity contribution in [1.82, 2.24) is 4.90 Å². The largest absolute Gasteiger partial charge is 0.388 e. The van der Waals surface area contributed by atoms with Crippen LogP contribution in [0, 0.1) is 0 Å². The van der Waals surface area contributed by atoms with Gasteiger partial charge < -0.3 is 15.4 Å². The second kappa shape index (κ2) is 7.48. The van der Waals surface area contributed by atoms with Crippen molar-refractivity contribution in [3.8, 4) is 0 Å². The van der Waals surface area contributed by atoms with Crippen molar-refractivity contribution in [2.45, 2.75) is 0 Å². The Morgan fingerprint density at radius 2 is 1.95 bits per heavy atom. The Balaban J connectivity index is 2.10. The van der Waals surface area contributed by atoms with Crippen molar-refractivity contribution < 1.29 is 9.53 Å². The predicted molar refractivity (Wildman–Crippen MR) is 89.4 cm³/mol. The summed E-state index contributed by atoms with van der Waals surface area (Å²) in [7, 11) is 0. The standard InChI is InChI=1S/C13H15BrN4O2S/c14-9-1-3-10(4-2-9)16-17-11(12(15)21)13(19)18-5-7-20-8-6-18/h1-4,16H,5-8H2,(H2,15,21). The number of amides is 1. The molecule has 0 bridgehead atoms. The fourth-order valence-corrected chi connectivity index (χ4v) is 2.17. The van der Waals surface area contributed by atoms with Gasteiger partial charge in [-0.15, -0.1) is 0 Å². The molecule has 0 aliphatic carbocycles. The van der Waals surface area contributed by atoms with Gasteiger partial charge in [-0.2, -0.15) is 5.10 Å². The van der Waals surface area contributed by atoms with Crippen molar-refractivity contribution in [1.29, 1.82) is 0 Å². The van der Waals surface area contributed by atoms with Crippen molar-refractivity contribution in [2.75, 3.05) is 31.7 Å². The summed E-state index contributed by atoms with van der Waals surface area (Å²) in [6.45, 7) is 2.05. The number of hydrazone groups is 1. The molecule has 6 nitrogen and oxygen atoms in total. The highest BCUT2D eigenvalue weighted by molar-refractivity contribution is 9.10. The van der Waals surface area contributed by atoms with Crippen LogP contribution in [0.5, 0.6) is 0 Å². The van der Waals surface area contributed by atoms with Gasteiger partial charge in [0.1, 0.15) is 4.99 Å². The molecule has 21 heavy (non-hydrogen) atoms. The van der Waals surface area contributed by atoms with Gasteiger partial charge in [-0.1, -0.05) is 28.1 Å². The monoisotopic (exact) mass is 370 g/mol. The molecule has 8 heteroatoms. The molecule has 1 aromatic carbocycles. The molecule has 1 aliphatic heterocycles. The zero-order chi connectivity index (χ0) is 15.2. The number of hydrogen-bond donors (Lipinski definition) is 2. The molecule has 0 saturated carbocycles. The smallest absolute Gasteiger partial charge is 0.277 e. The molecule has 1 amide bonds. The Hall–Kier alpha value is -1.51. The lowest BCUT2D eigenvalue weighted by Gasteiger charge is -2.26. The summed E-state index contributed by atoms with van der Waals surface area (Å²) in [5.74, 6) is -0.282. The SMILES string of the molecule is NC(=S)C(=NNc1ccc(Br)cc1)C(=O)N1CCOCC1. The van der Waals surface area contributed by atoms with Crippen LogP contribution in [-0.2, 0) is 9.53 Å². The minimum atomic E-state index is -0.282. The van der Waals surface area contributed by atoms with Crippen LogP contribution in [0.15, 0.2) is 33.8 Å². The Bertz CT molecular complexity index is 556. The van der Waals surface area contributed by atoms with E-state index in [9.17, 15) is 4.79 Å². The van der Waals surface area contributed by atoms with E-state index in [0.717, 1.165) is 10.2 Å². The van der Waals surface area contributed by atoms with Crippen LogP contribution in [0.1, 0.15) is 0 Å². The van der Waals surface area contributed by atoms with E-state index in [0.29, 0.717) is 26.3 Å². The average Bonchev–Trinajstić information content (AvgIpc) is 2.49. The van der Waals surface area contributed by atoms with Gasteiger partial charge in [0.2, 0.25) is 0 Å². The van der Waals surface area contributed by atoms with Crippen LogP contribution < -0.4 is 11.2 Å². The maximum atomic E-state index is 12.3. The zero-order valence-corrected chi connectivity index (χ0v) is 13.6. The number of nitrogens with two attached hydrogens (primary N) is 1. The van der Waals surface area contributed by atoms with Crippen molar-refractivity contribution >= 4 is 50.4 Å². The summed E-state index contributed by atoms with van der Waals surface area (Å²) < 4.78 is 6.17. The van der Waals surface area contributed by atoms with Gasteiger partial charge in [-0.05, 0) is 24.3 Å². The van der Waals surface area contributed by atoms with Gasteiger partial charge in [0.15, 0.2) is 5.71 Å². The molecule has 1 saturated heterocycles. The highest BCUT2D eigenvalue weighted by Crippen LogP contribution is 2.14. The molecule has 1 aromatic rings. The maximum absolute atomic E-state index is 12.3. The molecule has 112 valence electrons. The molecular formula is C13H15BrN4O2S. The van der Waals surface area contributed by atoms with Gasteiger partial charge in [-0.25, -0.2) is 0 Å². The predicted octanol–water partition coefficient (Wildman–Crippen LogP) is 1.36. The normalized spacial score (nSPS) is 15.7. The van der Waals surface area contributed by atoms with Crippen LogP contribution >= 0.6 is 28.1 Å². The minimum Gasteiger partial charge on any atom is -0.388 e. The van der Waals surface area contributed by atoms with Crippen LogP contribution in [0.3, 0.4) is 0 Å². The number of benzene rings is 1. The summed E-state index contributed by atoms with van der Waals surface area (Å²) in [6.07, 6.45) is 0. The lowest BCUT2D eigenvalue weighted by molar-refractivity contribution is -0.127. The van der Waals surface area contributed by atoms with Crippen molar-refractivity contribution in [3.05, 3.63) is 28.7 Å². The molecule has 1 heterocycles. The lowest BCUT2D eigenvalue weighted by atomic mass is 10.3. The summed E-state index contributed by atoms with van der Waals surface area (Å²) in [5.41, 5.74) is 9.19. The first-order valence-electron chi connectivity index (χ1n) is 6.34. The van der Waals surface area contributed by atoms with Crippen LogP contribution in [-0.4, -0.2) is 47.8 Å². The molecule has 2 rings (SSSR count). The number of rotatable bonds is 4. The summed E-state index contributed by atoms with van der Waals surface area (Å²) in [5, 5.41) is 4.05. The average molecular weight is 371 g/mol. The second-order valence-corrected chi connectivity index (χ2v) is 5.70. The van der Waals surface area contributed by atoms with Gasteiger partial charge in [-0.3, -0.25) is 10.2 Å². The number of halogens is 1. The number of nitrogens with zero attached hydrogens (tertiary/aromatic N) is 2. The summed E-state index contributed by atoms with van der Waals surface area (Å²) in [6, 6.07) is 7.37. The lowest BCUT2D eigenvalue weighted by Crippen LogP contribution is -2.47. The molecule has 0 spiro atoms. The van der Waals surface area contributed by atoms with E-state index in [1.807, 2.05) is 24.3 Å². The Labute approximate surface area is 136 Å². The van der Waals surface area contributed by atoms with Crippen LogP contribution in [0.4, 0.5) is 5.69 Å². The van der Waals surface area contributed by atoms with Gasteiger partial charge in [0, 0.05) is 17.6 Å². The fourth-order valence-electron chi connectivity index (χ4n) is 1.77. The zero-order valence-electron chi connectivity index (χ0n) is 11.2. The molecule has 0 atom stereocenters. The second-order valence-electron chi connectivity index (χ2n) is 4.35. The highest BCUT2D eigenvalue weighted by Gasteiger charge is 2.23. The number of carbonyl (C=O) groups is 1. The first-order valence-corrected chi connectivity index (χ1v) is 7.54. The summed E-state index contributed by atoms with van der Waals surface area (Å²) >= 11 is 8.27. The van der Waals surface area contributed by atoms with E-state index in [-0.39, 0.29) is 16.6 Å². The Morgan fingerprint density at radius 1 is 1.33 bits per heavy atom. The first kappa shape index (κ1) is 15.9. The number of thiocarbonyl (C=S) groups is 1. The van der Waals surface area contributed by atoms with Crippen molar-refractivity contribution in [3.63, 3.8) is 0 Å². The molecule has 1 aliphatic rings. The highest BCUT2D eigenvalue weighted by atomic mass is 79.9. The van der Waals surface area contributed by atoms with Gasteiger partial charge in [0.05, 0.1) is 18.9 Å². The number of nitrogens with one attached hydrogen (secondary N) is 1. The van der Waals surface area contributed by atoms with E-state index in [4.69, 9.17) is 22.7 Å². The van der Waals surface area contributed by atoms with Gasteiger partial charge >= 0.3 is 0 Å². The molecular weight excluding hydrogens is 356 g/mol. The quantitative estimate of drug-likeness (QED) is 0.475. The molecule has 3 N–H and O–H groups in total. The van der Waals surface area contributed by atoms with E-state index in [2.05, 4.69) is 26.5 Å². The van der Waals surface area contributed by atoms with E-state index >= 15 is 0 Å². The van der Waals surface area contributed by atoms with E-state index in [1.165, 1.54) is 0 Å². The third-order valence-corrected chi connectivity index (χ3v) is 3.60. The number of carbonyl (C=O) groups excluding carboxylic acids is 1. The van der Waals surface area contributed by atoms with Crippen molar-refractivity contribution in [2.24, 2.45) is 10.8 Å².